The van der Waals surface area contributed by atoms with Crippen molar-refractivity contribution in [2.45, 2.75) is 12.4 Å². The third-order valence-corrected chi connectivity index (χ3v) is 12.0. The topological polar surface area (TPSA) is 77.3 Å². The van der Waals surface area contributed by atoms with Gasteiger partial charge in [-0.1, -0.05) is 119 Å². The maximum Gasteiger partial charge on any atom is 3.00 e. The molecule has 16 heteroatoms. The molecule has 4 aromatic heterocycles. The second-order valence-electron chi connectivity index (χ2n) is 15.0. The van der Waals surface area contributed by atoms with Crippen LogP contribution in [-0.4, -0.2) is 30.6 Å². The fourth-order valence-corrected chi connectivity index (χ4v) is 8.79. The monoisotopic (exact) mass is 1140 g/mol. The first-order chi connectivity index (χ1) is 32.2. The van der Waals surface area contributed by atoms with Gasteiger partial charge in [0.25, 0.3) is 0 Å². The number of aromatic nitrogens is 6. The van der Waals surface area contributed by atoms with Crippen LogP contribution in [0.1, 0.15) is 22.5 Å². The minimum atomic E-state index is -5.26. The molecule has 7 aromatic carbocycles. The maximum atomic E-state index is 13.9. The van der Waals surface area contributed by atoms with Crippen LogP contribution in [0.5, 0.6) is 0 Å². The van der Waals surface area contributed by atoms with Gasteiger partial charge in [0.05, 0.1) is 29.2 Å². The van der Waals surface area contributed by atoms with Crippen LogP contribution in [0.2, 0.25) is 0 Å². The summed E-state index contributed by atoms with van der Waals surface area (Å²) in [6, 6.07) is 42.2. The molecule has 0 radical (unpaired) electrons. The third kappa shape index (κ3) is 9.73. The minimum Gasteiger partial charge on any atom is -0.277 e. The van der Waals surface area contributed by atoms with E-state index in [4.69, 9.17) is 13.2 Å². The Balaban J connectivity index is 0.000000150. The van der Waals surface area contributed by atoms with Gasteiger partial charge in [-0.2, -0.15) is 79.0 Å². The molecule has 0 aliphatic rings. The smallest absolute Gasteiger partial charge is 0.277 e. The largest absolute Gasteiger partial charge is 3.00 e. The van der Waals surface area contributed by atoms with Crippen LogP contribution in [0, 0.1) is 19.2 Å². The number of rotatable bonds is 4. The molecule has 0 fully saturated rings. The Morgan fingerprint density at radius 2 is 0.926 bits per heavy atom. The van der Waals surface area contributed by atoms with Gasteiger partial charge in [0.1, 0.15) is 0 Å². The fraction of sp³-hybridized carbons (Fsp3) is 0.0385. The summed E-state index contributed by atoms with van der Waals surface area (Å²) >= 11 is 9.62. The van der Waals surface area contributed by atoms with Gasteiger partial charge in [-0.3, -0.25) is 13.2 Å². The van der Waals surface area contributed by atoms with Gasteiger partial charge < -0.3 is 0 Å². The van der Waals surface area contributed by atoms with Crippen molar-refractivity contribution < 1.29 is 46.4 Å². The molecule has 0 spiro atoms. The van der Waals surface area contributed by atoms with Gasteiger partial charge in [0.2, 0.25) is 0 Å². The van der Waals surface area contributed by atoms with E-state index in [1.165, 1.54) is 22.1 Å². The van der Waals surface area contributed by atoms with Crippen LogP contribution in [-0.2, 0) is 32.5 Å². The van der Waals surface area contributed by atoms with E-state index >= 15 is 0 Å². The molecule has 4 heterocycles. The number of hydrogen-bond acceptors (Lipinski definition) is 9. The average Bonchev–Trinajstić information content (AvgIpc) is 3.86. The summed E-state index contributed by atoms with van der Waals surface area (Å²) in [5.41, 5.74) is -2.82. The van der Waals surface area contributed by atoms with Gasteiger partial charge in [-0.25, -0.2) is 26.6 Å². The number of thiophene rings is 1. The predicted molar refractivity (Wildman–Crippen MR) is 262 cm³/mol. The summed E-state index contributed by atoms with van der Waals surface area (Å²) in [7, 11) is 0. The van der Waals surface area contributed by atoms with Crippen molar-refractivity contribution >= 4 is 111 Å². The normalized spacial score (nSPS) is 11.5. The first kappa shape index (κ1) is 47.9. The van der Waals surface area contributed by atoms with Gasteiger partial charge in [0.15, 0.2) is 0 Å². The quantitative estimate of drug-likeness (QED) is 0.0791. The Kier molecular flexibility index (Phi) is 13.8. The molecule has 0 saturated carbocycles. The molecular formula is C52H29F6IrN6S3. The predicted octanol–water partition coefficient (Wildman–Crippen LogP) is 15.0. The molecule has 0 aliphatic heterocycles. The van der Waals surface area contributed by atoms with Crippen LogP contribution in [0.4, 0.5) is 26.3 Å². The Bertz CT molecular complexity index is 3590. The number of thiol groups is 2. The summed E-state index contributed by atoms with van der Waals surface area (Å²) in [5.74, 6) is 0. The molecule has 11 aromatic rings. The fourth-order valence-electron chi connectivity index (χ4n) is 7.79. The summed E-state index contributed by atoms with van der Waals surface area (Å²) in [4.78, 5) is 1.39. The first-order valence-electron chi connectivity index (χ1n) is 20.0. The van der Waals surface area contributed by atoms with E-state index in [-0.39, 0.29) is 31.2 Å². The SMILES string of the molecule is FC(F)(F)c1cccc(-c2nnc(-c3[c-]ccs3)c3cc4ccccc4cc23)c1C(F)(F)F.[CH-]=C(S)c1nncc2cc3ccccc3cc12.[CH-]=C(S)c1nncc2cc3ccccc3cc12.[Ir+3]. The van der Waals surface area contributed by atoms with Crippen LogP contribution in [0.3, 0.4) is 0 Å². The molecule has 6 nitrogen and oxygen atoms in total. The van der Waals surface area contributed by atoms with E-state index in [1.807, 2.05) is 36.4 Å². The van der Waals surface area contributed by atoms with Crippen molar-refractivity contribution in [3.05, 3.63) is 193 Å². The third-order valence-electron chi connectivity index (χ3n) is 10.8. The van der Waals surface area contributed by atoms with Crippen LogP contribution >= 0.6 is 36.6 Å². The van der Waals surface area contributed by atoms with Crippen molar-refractivity contribution in [1.82, 2.24) is 30.6 Å². The maximum absolute atomic E-state index is 13.9. The van der Waals surface area contributed by atoms with Crippen LogP contribution in [0.25, 0.3) is 96.3 Å². The van der Waals surface area contributed by atoms with E-state index in [9.17, 15) is 26.3 Å². The zero-order valence-electron chi connectivity index (χ0n) is 34.7. The summed E-state index contributed by atoms with van der Waals surface area (Å²) in [5, 5.41) is 36.8. The molecule has 0 unspecified atom stereocenters. The standard InChI is InChI=1S/C24H11F6N2S.2C14H9N2S.Ir/c25-23(26,27)18-8-3-7-15(20(18)24(28,29)30)21-16-11-13-5-1-2-6-14(13)12-17(16)22(32-31-21)19-9-4-10-33-19;2*1-9(17)14-13-7-11-5-3-2-4-10(11)6-12(13)8-15-16-14;/h1-8,10-12H;2*1-8,17H;/q3*-1;+3. The van der Waals surface area contributed by atoms with Gasteiger partial charge in [-0.05, 0) is 84.1 Å². The average molecular weight is 1140 g/mol. The number of halogens is 6. The second-order valence-corrected chi connectivity index (χ2v) is 16.9. The molecule has 0 saturated heterocycles. The number of alkyl halides is 6. The Morgan fingerprint density at radius 1 is 0.500 bits per heavy atom. The van der Waals surface area contributed by atoms with E-state index in [0.29, 0.717) is 48.6 Å². The van der Waals surface area contributed by atoms with Crippen molar-refractivity contribution in [2.75, 3.05) is 0 Å². The number of benzene rings is 7. The first-order valence-corrected chi connectivity index (χ1v) is 21.8. The zero-order valence-corrected chi connectivity index (χ0v) is 39.7. The van der Waals surface area contributed by atoms with Gasteiger partial charge in [0, 0.05) is 16.6 Å². The van der Waals surface area contributed by atoms with E-state index < -0.39 is 29.0 Å². The molecule has 0 bridgehead atoms. The Labute approximate surface area is 412 Å². The summed E-state index contributed by atoms with van der Waals surface area (Å²) in [6.07, 6.45) is -6.97. The number of hydrogen-bond donors (Lipinski definition) is 2. The zero-order chi connectivity index (χ0) is 47.0. The van der Waals surface area contributed by atoms with Gasteiger partial charge in [-0.15, -0.1) is 15.2 Å². The Hall–Kier alpha value is -6.55. The van der Waals surface area contributed by atoms with Crippen LogP contribution in [0.15, 0.2) is 151 Å². The number of fused-ring (bicyclic) bond motifs is 6. The molecule has 0 N–H and O–H groups in total. The summed E-state index contributed by atoms with van der Waals surface area (Å²) < 4.78 is 82.3. The molecule has 11 rings (SSSR count). The summed E-state index contributed by atoms with van der Waals surface area (Å²) in [6.45, 7) is 11.4. The van der Waals surface area contributed by atoms with E-state index in [2.05, 4.69) is 110 Å². The Morgan fingerprint density at radius 3 is 1.34 bits per heavy atom. The molecule has 0 aliphatic carbocycles. The number of nitrogens with zero attached hydrogens (tertiary/aromatic N) is 6. The molecule has 68 heavy (non-hydrogen) atoms. The second kappa shape index (κ2) is 19.6. The van der Waals surface area contributed by atoms with Crippen molar-refractivity contribution in [3.63, 3.8) is 0 Å². The van der Waals surface area contributed by atoms with Crippen LogP contribution < -0.4 is 0 Å². The molecule has 0 amide bonds. The van der Waals surface area contributed by atoms with Crippen molar-refractivity contribution in [2.24, 2.45) is 0 Å². The van der Waals surface area contributed by atoms with E-state index in [1.54, 1.807) is 48.1 Å². The van der Waals surface area contributed by atoms with Crippen molar-refractivity contribution in [1.29, 1.82) is 0 Å². The minimum absolute atomic E-state index is 0. The van der Waals surface area contributed by atoms with E-state index in [0.717, 1.165) is 49.8 Å². The van der Waals surface area contributed by atoms with Crippen molar-refractivity contribution in [3.8, 4) is 21.8 Å². The van der Waals surface area contributed by atoms with Gasteiger partial charge >= 0.3 is 32.5 Å². The molecule has 0 atom stereocenters. The molecule has 336 valence electrons. The molecular weight excluding hydrogens is 1110 g/mol.